The molecule has 1 amide bonds. The third-order valence-corrected chi connectivity index (χ3v) is 4.00. The molecule has 0 bridgehead atoms. The van der Waals surface area contributed by atoms with Crippen LogP contribution in [0, 0.1) is 10.8 Å². The summed E-state index contributed by atoms with van der Waals surface area (Å²) in [5.74, 6) is 0.318. The van der Waals surface area contributed by atoms with Gasteiger partial charge < -0.3 is 9.80 Å². The van der Waals surface area contributed by atoms with Gasteiger partial charge in [-0.3, -0.25) is 4.79 Å². The Kier molecular flexibility index (Phi) is 2.77. The van der Waals surface area contributed by atoms with Gasteiger partial charge in [0.05, 0.1) is 0 Å². The normalized spacial score (nSPS) is 31.6. The van der Waals surface area contributed by atoms with Crippen LogP contribution in [0.4, 0.5) is 0 Å². The summed E-state index contributed by atoms with van der Waals surface area (Å²) in [5.41, 5.74) is 0.186. The Hall–Kier alpha value is -0.570. The molecule has 0 aromatic heterocycles. The van der Waals surface area contributed by atoms with Crippen molar-refractivity contribution in [3.05, 3.63) is 0 Å². The topological polar surface area (TPSA) is 23.6 Å². The molecule has 0 N–H and O–H groups in total. The Morgan fingerprint density at radius 3 is 2.25 bits per heavy atom. The second-order valence-electron chi connectivity index (χ2n) is 6.71. The zero-order valence-corrected chi connectivity index (χ0v) is 11.0. The third-order valence-electron chi connectivity index (χ3n) is 4.00. The van der Waals surface area contributed by atoms with E-state index in [1.165, 1.54) is 25.9 Å². The highest BCUT2D eigenvalue weighted by atomic mass is 16.2. The van der Waals surface area contributed by atoms with Crippen molar-refractivity contribution in [2.45, 2.75) is 33.6 Å². The van der Waals surface area contributed by atoms with Crippen LogP contribution in [0.1, 0.15) is 33.6 Å². The summed E-state index contributed by atoms with van der Waals surface area (Å²) in [4.78, 5) is 16.7. The molecular formula is C13H24N2O. The average molecular weight is 224 g/mol. The minimum Gasteiger partial charge on any atom is -0.342 e. The number of carbonyl (C=O) groups excluding carboxylic acids is 1. The van der Waals surface area contributed by atoms with Gasteiger partial charge >= 0.3 is 0 Å². The van der Waals surface area contributed by atoms with Gasteiger partial charge in [-0.15, -0.1) is 0 Å². The molecule has 1 unspecified atom stereocenters. The lowest BCUT2D eigenvalue weighted by Gasteiger charge is -2.28. The van der Waals surface area contributed by atoms with Crippen LogP contribution in [-0.4, -0.2) is 48.9 Å². The fourth-order valence-electron chi connectivity index (χ4n) is 3.07. The van der Waals surface area contributed by atoms with Crippen molar-refractivity contribution in [3.63, 3.8) is 0 Å². The van der Waals surface area contributed by atoms with E-state index in [-0.39, 0.29) is 5.41 Å². The Labute approximate surface area is 98.8 Å². The SMILES string of the molecule is CN1CCC2(CCN(C(=O)C(C)(C)C)C2)C1. The quantitative estimate of drug-likeness (QED) is 0.624. The summed E-state index contributed by atoms with van der Waals surface area (Å²) in [6, 6.07) is 0. The number of hydrogen-bond donors (Lipinski definition) is 0. The Bertz CT molecular complexity index is 295. The molecule has 0 aromatic rings. The molecule has 0 radical (unpaired) electrons. The van der Waals surface area contributed by atoms with Gasteiger partial charge in [0.1, 0.15) is 0 Å². The number of likely N-dealkylation sites (tertiary alicyclic amines) is 2. The first kappa shape index (κ1) is 11.9. The van der Waals surface area contributed by atoms with Gasteiger partial charge in [-0.25, -0.2) is 0 Å². The van der Waals surface area contributed by atoms with E-state index in [0.29, 0.717) is 11.3 Å². The molecule has 3 heteroatoms. The second-order valence-corrected chi connectivity index (χ2v) is 6.71. The monoisotopic (exact) mass is 224 g/mol. The summed E-state index contributed by atoms with van der Waals surface area (Å²) in [6.45, 7) is 10.3. The molecule has 1 atom stereocenters. The van der Waals surface area contributed by atoms with E-state index in [2.05, 4.69) is 16.8 Å². The van der Waals surface area contributed by atoms with Crippen LogP contribution in [0.25, 0.3) is 0 Å². The zero-order valence-electron chi connectivity index (χ0n) is 11.0. The van der Waals surface area contributed by atoms with E-state index in [1.54, 1.807) is 0 Å². The van der Waals surface area contributed by atoms with E-state index in [4.69, 9.17) is 0 Å². The number of amides is 1. The molecule has 2 rings (SSSR count). The molecule has 16 heavy (non-hydrogen) atoms. The van der Waals surface area contributed by atoms with Gasteiger partial charge in [-0.2, -0.15) is 0 Å². The number of hydrogen-bond acceptors (Lipinski definition) is 2. The highest BCUT2D eigenvalue weighted by Crippen LogP contribution is 2.39. The Morgan fingerprint density at radius 1 is 1.12 bits per heavy atom. The maximum atomic E-state index is 12.2. The molecule has 2 saturated heterocycles. The summed E-state index contributed by atoms with van der Waals surface area (Å²) < 4.78 is 0. The van der Waals surface area contributed by atoms with Crippen molar-refractivity contribution in [2.75, 3.05) is 33.2 Å². The van der Waals surface area contributed by atoms with Crippen molar-refractivity contribution in [3.8, 4) is 0 Å². The largest absolute Gasteiger partial charge is 0.342 e. The van der Waals surface area contributed by atoms with E-state index in [0.717, 1.165) is 13.1 Å². The second kappa shape index (κ2) is 3.73. The highest BCUT2D eigenvalue weighted by Gasteiger charge is 2.45. The molecule has 0 saturated carbocycles. The van der Waals surface area contributed by atoms with E-state index >= 15 is 0 Å². The van der Waals surface area contributed by atoms with Crippen molar-refractivity contribution in [2.24, 2.45) is 10.8 Å². The molecule has 3 nitrogen and oxygen atoms in total. The molecule has 0 aliphatic carbocycles. The van der Waals surface area contributed by atoms with Gasteiger partial charge in [0.2, 0.25) is 5.91 Å². The fraction of sp³-hybridized carbons (Fsp3) is 0.923. The first-order chi connectivity index (χ1) is 7.32. The van der Waals surface area contributed by atoms with E-state index < -0.39 is 0 Å². The lowest BCUT2D eigenvalue weighted by molar-refractivity contribution is -0.138. The molecule has 2 aliphatic heterocycles. The minimum absolute atomic E-state index is 0.226. The fourth-order valence-corrected chi connectivity index (χ4v) is 3.07. The predicted molar refractivity (Wildman–Crippen MR) is 65.2 cm³/mol. The predicted octanol–water partition coefficient (Wildman–Crippen LogP) is 1.59. The van der Waals surface area contributed by atoms with E-state index in [9.17, 15) is 4.79 Å². The first-order valence-electron chi connectivity index (χ1n) is 6.30. The van der Waals surface area contributed by atoms with Crippen LogP contribution in [0.2, 0.25) is 0 Å². The van der Waals surface area contributed by atoms with Gasteiger partial charge in [-0.1, -0.05) is 20.8 Å². The van der Waals surface area contributed by atoms with Crippen molar-refractivity contribution in [1.82, 2.24) is 9.80 Å². The summed E-state index contributed by atoms with van der Waals surface area (Å²) >= 11 is 0. The maximum absolute atomic E-state index is 12.2. The summed E-state index contributed by atoms with van der Waals surface area (Å²) in [5, 5.41) is 0. The molecule has 1 spiro atoms. The Morgan fingerprint density at radius 2 is 1.75 bits per heavy atom. The number of nitrogens with zero attached hydrogens (tertiary/aromatic N) is 2. The Balaban J connectivity index is 2.01. The van der Waals surface area contributed by atoms with Gasteiger partial charge in [0.25, 0.3) is 0 Å². The minimum atomic E-state index is -0.226. The van der Waals surface area contributed by atoms with Gasteiger partial charge in [0.15, 0.2) is 0 Å². The van der Waals surface area contributed by atoms with Crippen molar-refractivity contribution in [1.29, 1.82) is 0 Å². The van der Waals surface area contributed by atoms with E-state index in [1.807, 2.05) is 20.8 Å². The van der Waals surface area contributed by atoms with Crippen LogP contribution in [-0.2, 0) is 4.79 Å². The lowest BCUT2D eigenvalue weighted by Crippen LogP contribution is -2.39. The van der Waals surface area contributed by atoms with Crippen LogP contribution < -0.4 is 0 Å². The van der Waals surface area contributed by atoms with Crippen LogP contribution in [0.15, 0.2) is 0 Å². The summed E-state index contributed by atoms with van der Waals surface area (Å²) in [6.07, 6.45) is 2.45. The van der Waals surface area contributed by atoms with Crippen LogP contribution in [0.5, 0.6) is 0 Å². The van der Waals surface area contributed by atoms with Crippen LogP contribution in [0.3, 0.4) is 0 Å². The van der Waals surface area contributed by atoms with Crippen molar-refractivity contribution >= 4 is 5.91 Å². The highest BCUT2D eigenvalue weighted by molar-refractivity contribution is 5.81. The molecule has 2 fully saturated rings. The maximum Gasteiger partial charge on any atom is 0.227 e. The first-order valence-corrected chi connectivity index (χ1v) is 6.30. The van der Waals surface area contributed by atoms with Crippen LogP contribution >= 0.6 is 0 Å². The standard InChI is InChI=1S/C13H24N2O/c1-12(2,3)11(16)15-8-6-13(10-15)5-7-14(4)9-13/h5-10H2,1-4H3. The molecular weight excluding hydrogens is 200 g/mol. The number of rotatable bonds is 0. The molecule has 92 valence electrons. The van der Waals surface area contributed by atoms with Gasteiger partial charge in [-0.05, 0) is 26.4 Å². The van der Waals surface area contributed by atoms with Crippen molar-refractivity contribution < 1.29 is 4.79 Å². The lowest BCUT2D eigenvalue weighted by atomic mass is 9.86. The molecule has 2 aliphatic rings. The molecule has 2 heterocycles. The third kappa shape index (κ3) is 2.10. The van der Waals surface area contributed by atoms with Gasteiger partial charge in [0, 0.05) is 30.5 Å². The number of carbonyl (C=O) groups is 1. The molecule has 0 aromatic carbocycles. The smallest absolute Gasteiger partial charge is 0.227 e. The summed E-state index contributed by atoms with van der Waals surface area (Å²) in [7, 11) is 2.18. The average Bonchev–Trinajstić information content (AvgIpc) is 2.72. The zero-order chi connectivity index (χ0) is 12.0.